The molecule has 0 aromatic rings. The lowest BCUT2D eigenvalue weighted by Crippen LogP contribution is -2.54. The van der Waals surface area contributed by atoms with Crippen LogP contribution in [0.2, 0.25) is 0 Å². The van der Waals surface area contributed by atoms with E-state index in [9.17, 15) is 39.6 Å². The third-order valence-corrected chi connectivity index (χ3v) is 7.78. The molecule has 0 saturated carbocycles. The van der Waals surface area contributed by atoms with Crippen molar-refractivity contribution >= 4 is 35.5 Å². The molecule has 0 spiro atoms. The van der Waals surface area contributed by atoms with Crippen molar-refractivity contribution < 1.29 is 39.6 Å². The largest absolute Gasteiger partial charge is 0.387 e. The van der Waals surface area contributed by atoms with Crippen molar-refractivity contribution in [2.75, 3.05) is 31.9 Å². The van der Waals surface area contributed by atoms with Gasteiger partial charge in [0.25, 0.3) is 11.8 Å². The van der Waals surface area contributed by atoms with E-state index in [1.165, 1.54) is 0 Å². The molecule has 0 bridgehead atoms. The van der Waals surface area contributed by atoms with Gasteiger partial charge in [0.15, 0.2) is 12.2 Å². The van der Waals surface area contributed by atoms with Gasteiger partial charge >= 0.3 is 6.03 Å². The van der Waals surface area contributed by atoms with Gasteiger partial charge in [-0.3, -0.25) is 14.4 Å². The highest BCUT2D eigenvalue weighted by Crippen LogP contribution is 2.33. The van der Waals surface area contributed by atoms with Crippen molar-refractivity contribution in [3.8, 4) is 0 Å². The molecule has 0 aromatic heterocycles. The van der Waals surface area contributed by atoms with E-state index >= 15 is 0 Å². The molecule has 2 aliphatic rings. The maximum absolute atomic E-state index is 12.0. The molecule has 7 unspecified atom stereocenters. The predicted octanol–water partition coefficient (Wildman–Crippen LogP) is -3.76. The first-order valence-corrected chi connectivity index (χ1v) is 13.6. The third-order valence-electron chi connectivity index (χ3n) is 6.27. The van der Waals surface area contributed by atoms with E-state index in [4.69, 9.17) is 5.73 Å². The Morgan fingerprint density at radius 3 is 2.11 bits per heavy atom. The van der Waals surface area contributed by atoms with E-state index in [1.54, 1.807) is 0 Å². The number of nitrogens with one attached hydrogen (secondary N) is 5. The number of rotatable bonds is 17. The number of fused-ring (bicyclic) bond motifs is 1. The fourth-order valence-corrected chi connectivity index (χ4v) is 5.64. The number of unbranched alkanes of at least 4 members (excludes halogenated alkanes) is 1. The van der Waals surface area contributed by atoms with Crippen LogP contribution < -0.4 is 32.3 Å². The van der Waals surface area contributed by atoms with Crippen LogP contribution in [0.4, 0.5) is 4.79 Å². The highest BCUT2D eigenvalue weighted by molar-refractivity contribution is 8.00. The Kier molecular flexibility index (Phi) is 13.4. The van der Waals surface area contributed by atoms with Crippen LogP contribution >= 0.6 is 11.8 Å². The number of aliphatic hydroxyl groups excluding tert-OH is 4. The first-order chi connectivity index (χ1) is 17.6. The van der Waals surface area contributed by atoms with E-state index in [-0.39, 0.29) is 37.1 Å². The fourth-order valence-electron chi connectivity index (χ4n) is 4.10. The number of aliphatic hydroxyl groups is 4. The number of thioether (sulfide) groups is 1. The standard InChI is InChI=1S/C22H40N6O8S/c23-7-3-8-25-20(34)18(32)16(30)17(31)19(33)21(35)26-10-4-9-24-14(29)6-2-1-5-13-15-12(11-37-13)27-22(36)28-15/h12-13,15-19,30-33H,1-11,23H2,(H,24,29)(H,25,34)(H,26,35)(H2,27,28,36). The van der Waals surface area contributed by atoms with Gasteiger partial charge in [-0.15, -0.1) is 0 Å². The van der Waals surface area contributed by atoms with Gasteiger partial charge in [0.1, 0.15) is 12.2 Å². The molecule has 0 radical (unpaired) electrons. The Morgan fingerprint density at radius 2 is 1.49 bits per heavy atom. The molecule has 2 fully saturated rings. The van der Waals surface area contributed by atoms with Crippen molar-refractivity contribution in [3.05, 3.63) is 0 Å². The molecule has 7 atom stereocenters. The Hall–Kier alpha value is -2.17. The van der Waals surface area contributed by atoms with Gasteiger partial charge in [0, 0.05) is 37.1 Å². The van der Waals surface area contributed by atoms with Crippen molar-refractivity contribution in [1.29, 1.82) is 0 Å². The molecule has 11 N–H and O–H groups in total. The zero-order chi connectivity index (χ0) is 27.4. The van der Waals surface area contributed by atoms with Crippen LogP contribution in [0.25, 0.3) is 0 Å². The Balaban J connectivity index is 1.53. The number of carbonyl (C=O) groups excluding carboxylic acids is 4. The van der Waals surface area contributed by atoms with Gasteiger partial charge < -0.3 is 52.7 Å². The van der Waals surface area contributed by atoms with Gasteiger partial charge in [-0.2, -0.15) is 11.8 Å². The lowest BCUT2D eigenvalue weighted by Gasteiger charge is -2.25. The number of amides is 5. The Bertz CT molecular complexity index is 777. The second kappa shape index (κ2) is 15.9. The molecule has 37 heavy (non-hydrogen) atoms. The molecule has 2 saturated heterocycles. The zero-order valence-corrected chi connectivity index (χ0v) is 21.5. The molecule has 2 rings (SSSR count). The molecule has 15 heteroatoms. The number of hydrogen-bond donors (Lipinski definition) is 10. The van der Waals surface area contributed by atoms with Crippen molar-refractivity contribution in [2.24, 2.45) is 5.73 Å². The van der Waals surface area contributed by atoms with E-state index in [1.807, 2.05) is 11.8 Å². The van der Waals surface area contributed by atoms with E-state index < -0.39 is 36.2 Å². The van der Waals surface area contributed by atoms with Gasteiger partial charge in [-0.25, -0.2) is 4.79 Å². The minimum Gasteiger partial charge on any atom is -0.387 e. The molecule has 2 heterocycles. The van der Waals surface area contributed by atoms with E-state index in [0.717, 1.165) is 25.0 Å². The normalized spacial score (nSPS) is 23.7. The van der Waals surface area contributed by atoms with Gasteiger partial charge in [-0.1, -0.05) is 6.42 Å². The number of nitrogens with two attached hydrogens (primary N) is 1. The first kappa shape index (κ1) is 31.1. The predicted molar refractivity (Wildman–Crippen MR) is 135 cm³/mol. The van der Waals surface area contributed by atoms with Gasteiger partial charge in [-0.05, 0) is 32.2 Å². The summed E-state index contributed by atoms with van der Waals surface area (Å²) in [5.74, 6) is -1.17. The quantitative estimate of drug-likeness (QED) is 0.0629. The average Bonchev–Trinajstić information content (AvgIpc) is 3.43. The summed E-state index contributed by atoms with van der Waals surface area (Å²) < 4.78 is 0. The minimum atomic E-state index is -2.09. The summed E-state index contributed by atoms with van der Waals surface area (Å²) in [5.41, 5.74) is 5.29. The molecular formula is C22H40N6O8S. The molecule has 0 aromatic carbocycles. The summed E-state index contributed by atoms with van der Waals surface area (Å²) in [5, 5.41) is 53.2. The fraction of sp³-hybridized carbons (Fsp3) is 0.818. The molecule has 2 aliphatic heterocycles. The van der Waals surface area contributed by atoms with Gasteiger partial charge in [0.05, 0.1) is 12.1 Å². The smallest absolute Gasteiger partial charge is 0.315 e. The molecule has 14 nitrogen and oxygen atoms in total. The molecule has 0 aliphatic carbocycles. The number of hydrogen-bond acceptors (Lipinski definition) is 10. The lowest BCUT2D eigenvalue weighted by molar-refractivity contribution is -0.155. The first-order valence-electron chi connectivity index (χ1n) is 12.6. The maximum Gasteiger partial charge on any atom is 0.315 e. The monoisotopic (exact) mass is 548 g/mol. The summed E-state index contributed by atoms with van der Waals surface area (Å²) in [4.78, 5) is 47.2. The topological polar surface area (TPSA) is 235 Å². The highest BCUT2D eigenvalue weighted by Gasteiger charge is 2.42. The van der Waals surface area contributed by atoms with Crippen LogP contribution in [-0.2, 0) is 14.4 Å². The molecule has 5 amide bonds. The van der Waals surface area contributed by atoms with Crippen LogP contribution in [0.15, 0.2) is 0 Å². The SMILES string of the molecule is NCCCNC(=O)C(O)C(O)C(O)C(O)C(=O)NCCCNC(=O)CCCCC1SCC2NC(=O)NC21. The maximum atomic E-state index is 12.0. The van der Waals surface area contributed by atoms with E-state index in [2.05, 4.69) is 26.6 Å². The summed E-state index contributed by atoms with van der Waals surface area (Å²) >= 11 is 1.83. The summed E-state index contributed by atoms with van der Waals surface area (Å²) in [6, 6.07) is 0.225. The van der Waals surface area contributed by atoms with Crippen molar-refractivity contribution in [1.82, 2.24) is 26.6 Å². The van der Waals surface area contributed by atoms with Crippen LogP contribution in [-0.4, -0.2) is 118 Å². The van der Waals surface area contributed by atoms with Crippen LogP contribution in [0.1, 0.15) is 38.5 Å². The third kappa shape index (κ3) is 9.90. The van der Waals surface area contributed by atoms with Crippen LogP contribution in [0, 0.1) is 0 Å². The van der Waals surface area contributed by atoms with Crippen molar-refractivity contribution in [2.45, 2.75) is 80.3 Å². The van der Waals surface area contributed by atoms with Crippen LogP contribution in [0.5, 0.6) is 0 Å². The zero-order valence-electron chi connectivity index (χ0n) is 20.7. The summed E-state index contributed by atoms with van der Waals surface area (Å²) in [6.07, 6.45) is -4.59. The summed E-state index contributed by atoms with van der Waals surface area (Å²) in [7, 11) is 0. The molecule has 212 valence electrons. The molecular weight excluding hydrogens is 508 g/mol. The average molecular weight is 549 g/mol. The second-order valence-corrected chi connectivity index (χ2v) is 10.4. The lowest BCUT2D eigenvalue weighted by atomic mass is 10.0. The van der Waals surface area contributed by atoms with Crippen molar-refractivity contribution in [3.63, 3.8) is 0 Å². The number of carbonyl (C=O) groups is 4. The minimum absolute atomic E-state index is 0.0856. The van der Waals surface area contributed by atoms with Crippen LogP contribution in [0.3, 0.4) is 0 Å². The summed E-state index contributed by atoms with van der Waals surface area (Å²) in [6.45, 7) is 0.851. The number of urea groups is 1. The Labute approximate surface area is 219 Å². The highest BCUT2D eigenvalue weighted by atomic mass is 32.2. The second-order valence-electron chi connectivity index (χ2n) is 9.17. The Morgan fingerprint density at radius 1 is 0.892 bits per heavy atom. The van der Waals surface area contributed by atoms with E-state index in [0.29, 0.717) is 37.6 Å². The van der Waals surface area contributed by atoms with Gasteiger partial charge in [0.2, 0.25) is 5.91 Å².